The highest BCUT2D eigenvalue weighted by atomic mass is 32.2. The number of H-pyrrole nitrogens is 1. The molecule has 2 heterocycles. The Hall–Kier alpha value is -1.75. The van der Waals surface area contributed by atoms with E-state index in [0.717, 1.165) is 40.8 Å². The summed E-state index contributed by atoms with van der Waals surface area (Å²) in [6.45, 7) is 14.0. The lowest BCUT2D eigenvalue weighted by Gasteiger charge is -2.23. The van der Waals surface area contributed by atoms with Crippen molar-refractivity contribution in [3.63, 3.8) is 0 Å². The maximum absolute atomic E-state index is 5.40. The SMILES string of the molecule is CC(=CCSCC(Nc1[nH]ccc1C)C1=COC=CN1)CCCC(C)CCCC(C)CCCC(C)C. The first-order chi connectivity index (χ1) is 17.3. The normalized spacial score (nSPS) is 16.3. The molecule has 0 amide bonds. The van der Waals surface area contributed by atoms with Crippen LogP contribution in [-0.2, 0) is 4.74 Å². The molecule has 0 fully saturated rings. The van der Waals surface area contributed by atoms with Crippen molar-refractivity contribution in [1.29, 1.82) is 0 Å². The first kappa shape index (κ1) is 30.5. The molecular formula is C31H53N3OS. The molecule has 1 aromatic rings. The highest BCUT2D eigenvalue weighted by Gasteiger charge is 2.17. The number of aryl methyl sites for hydroxylation is 1. The molecule has 204 valence electrons. The van der Waals surface area contributed by atoms with Gasteiger partial charge in [-0.05, 0) is 56.1 Å². The maximum Gasteiger partial charge on any atom is 0.112 e. The van der Waals surface area contributed by atoms with E-state index in [-0.39, 0.29) is 6.04 Å². The minimum absolute atomic E-state index is 0.157. The molecule has 0 spiro atoms. The van der Waals surface area contributed by atoms with E-state index in [1.165, 1.54) is 68.9 Å². The quantitative estimate of drug-likeness (QED) is 0.127. The second-order valence-corrected chi connectivity index (χ2v) is 12.4. The second-order valence-electron chi connectivity index (χ2n) is 11.3. The van der Waals surface area contributed by atoms with Gasteiger partial charge in [0.1, 0.15) is 18.3 Å². The third-order valence-electron chi connectivity index (χ3n) is 7.22. The molecule has 0 aliphatic carbocycles. The lowest BCUT2D eigenvalue weighted by atomic mass is 9.91. The van der Waals surface area contributed by atoms with Crippen molar-refractivity contribution in [3.8, 4) is 0 Å². The second kappa shape index (κ2) is 17.7. The van der Waals surface area contributed by atoms with Crippen molar-refractivity contribution in [3.05, 3.63) is 53.9 Å². The first-order valence-electron chi connectivity index (χ1n) is 14.3. The zero-order valence-electron chi connectivity index (χ0n) is 23.9. The largest absolute Gasteiger partial charge is 0.469 e. The molecule has 1 aliphatic heterocycles. The molecule has 1 aromatic heterocycles. The molecule has 0 bridgehead atoms. The number of aromatic nitrogens is 1. The van der Waals surface area contributed by atoms with Gasteiger partial charge in [0.15, 0.2) is 0 Å². The number of nitrogens with one attached hydrogen (secondary N) is 3. The predicted octanol–water partition coefficient (Wildman–Crippen LogP) is 9.15. The van der Waals surface area contributed by atoms with Crippen molar-refractivity contribution < 1.29 is 4.74 Å². The Morgan fingerprint density at radius 3 is 2.33 bits per heavy atom. The molecule has 4 nitrogen and oxygen atoms in total. The van der Waals surface area contributed by atoms with Crippen LogP contribution in [0.5, 0.6) is 0 Å². The number of allylic oxidation sites excluding steroid dienone is 1. The molecule has 3 atom stereocenters. The minimum atomic E-state index is 0.157. The van der Waals surface area contributed by atoms with Crippen LogP contribution < -0.4 is 10.6 Å². The van der Waals surface area contributed by atoms with Crippen LogP contribution in [0.1, 0.15) is 98.0 Å². The standard InChI is InChI=1S/C31H53N3OS/c1-24(2)10-7-11-25(3)12-8-13-26(4)14-9-15-27(5)17-21-36-23-30(29-22-35-20-19-32-29)34-31-28(6)16-18-33-31/h16-20,22,24-26,30,32-34H,7-15,21,23H2,1-6H3. The van der Waals surface area contributed by atoms with E-state index in [0.29, 0.717) is 0 Å². The Morgan fingerprint density at radius 1 is 1.03 bits per heavy atom. The number of hydrogen-bond donors (Lipinski definition) is 3. The molecule has 0 saturated carbocycles. The van der Waals surface area contributed by atoms with Crippen molar-refractivity contribution >= 4 is 17.6 Å². The Labute approximate surface area is 226 Å². The molecule has 3 N–H and O–H groups in total. The van der Waals surface area contributed by atoms with Crippen molar-refractivity contribution in [2.24, 2.45) is 17.8 Å². The molecule has 1 aliphatic rings. The van der Waals surface area contributed by atoms with Gasteiger partial charge >= 0.3 is 0 Å². The summed E-state index contributed by atoms with van der Waals surface area (Å²) in [5.41, 5.74) is 3.80. The summed E-state index contributed by atoms with van der Waals surface area (Å²) in [5.74, 6) is 5.68. The van der Waals surface area contributed by atoms with E-state index >= 15 is 0 Å². The monoisotopic (exact) mass is 515 g/mol. The number of aromatic amines is 1. The average molecular weight is 516 g/mol. The van der Waals surface area contributed by atoms with Crippen LogP contribution in [-0.4, -0.2) is 22.5 Å². The highest BCUT2D eigenvalue weighted by Crippen LogP contribution is 2.23. The number of anilines is 1. The van der Waals surface area contributed by atoms with Gasteiger partial charge < -0.3 is 20.4 Å². The zero-order valence-corrected chi connectivity index (χ0v) is 24.7. The first-order valence-corrected chi connectivity index (χ1v) is 15.4. The summed E-state index contributed by atoms with van der Waals surface area (Å²) < 4.78 is 5.40. The number of rotatable bonds is 19. The van der Waals surface area contributed by atoms with Crippen molar-refractivity contribution in [2.45, 2.75) is 105 Å². The Bertz CT molecular complexity index is 810. The smallest absolute Gasteiger partial charge is 0.112 e. The van der Waals surface area contributed by atoms with E-state index in [9.17, 15) is 0 Å². The van der Waals surface area contributed by atoms with Gasteiger partial charge in [-0.15, -0.1) is 0 Å². The zero-order chi connectivity index (χ0) is 26.2. The maximum atomic E-state index is 5.40. The molecule has 36 heavy (non-hydrogen) atoms. The molecule has 3 unspecified atom stereocenters. The fraction of sp³-hybridized carbons (Fsp3) is 0.677. The Morgan fingerprint density at radius 2 is 1.72 bits per heavy atom. The summed E-state index contributed by atoms with van der Waals surface area (Å²) in [4.78, 5) is 3.30. The third kappa shape index (κ3) is 13.0. The van der Waals surface area contributed by atoms with Crippen LogP contribution in [0.15, 0.2) is 48.3 Å². The summed E-state index contributed by atoms with van der Waals surface area (Å²) in [5, 5.41) is 6.95. The number of hydrogen-bond acceptors (Lipinski definition) is 4. The number of ether oxygens (including phenoxy) is 1. The van der Waals surface area contributed by atoms with E-state index in [1.54, 1.807) is 12.5 Å². The topological polar surface area (TPSA) is 49.1 Å². The van der Waals surface area contributed by atoms with Crippen LogP contribution in [0, 0.1) is 24.7 Å². The fourth-order valence-corrected chi connectivity index (χ4v) is 5.72. The van der Waals surface area contributed by atoms with Crippen LogP contribution in [0.3, 0.4) is 0 Å². The van der Waals surface area contributed by atoms with E-state index in [1.807, 2.05) is 24.2 Å². The van der Waals surface area contributed by atoms with Crippen LogP contribution >= 0.6 is 11.8 Å². The molecule has 0 saturated heterocycles. The lowest BCUT2D eigenvalue weighted by Crippen LogP contribution is -2.32. The van der Waals surface area contributed by atoms with E-state index < -0.39 is 0 Å². The molecular weight excluding hydrogens is 462 g/mol. The van der Waals surface area contributed by atoms with Gasteiger partial charge in [0.05, 0.1) is 11.7 Å². The van der Waals surface area contributed by atoms with Gasteiger partial charge in [-0.1, -0.05) is 84.3 Å². The van der Waals surface area contributed by atoms with Gasteiger partial charge in [0, 0.05) is 23.9 Å². The van der Waals surface area contributed by atoms with Gasteiger partial charge in [-0.25, -0.2) is 0 Å². The van der Waals surface area contributed by atoms with Crippen molar-refractivity contribution in [1.82, 2.24) is 10.3 Å². The summed E-state index contributed by atoms with van der Waals surface area (Å²) in [7, 11) is 0. The van der Waals surface area contributed by atoms with Gasteiger partial charge in [-0.2, -0.15) is 11.8 Å². The van der Waals surface area contributed by atoms with Crippen LogP contribution in [0.4, 0.5) is 5.82 Å². The Balaban J connectivity index is 1.61. The average Bonchev–Trinajstić information content (AvgIpc) is 3.25. The van der Waals surface area contributed by atoms with Crippen LogP contribution in [0.25, 0.3) is 0 Å². The van der Waals surface area contributed by atoms with Crippen LogP contribution in [0.2, 0.25) is 0 Å². The van der Waals surface area contributed by atoms with E-state index in [2.05, 4.69) is 69.3 Å². The third-order valence-corrected chi connectivity index (χ3v) is 8.19. The predicted molar refractivity (Wildman–Crippen MR) is 160 cm³/mol. The summed E-state index contributed by atoms with van der Waals surface area (Å²) in [6.07, 6.45) is 22.0. The lowest BCUT2D eigenvalue weighted by molar-refractivity contribution is 0.379. The fourth-order valence-electron chi connectivity index (χ4n) is 4.68. The Kier molecular flexibility index (Phi) is 15.0. The molecule has 2 rings (SSSR count). The molecule has 0 aromatic carbocycles. The molecule has 0 radical (unpaired) electrons. The van der Waals surface area contributed by atoms with Gasteiger partial charge in [0.2, 0.25) is 0 Å². The number of thioether (sulfide) groups is 1. The van der Waals surface area contributed by atoms with E-state index in [4.69, 9.17) is 4.74 Å². The van der Waals surface area contributed by atoms with Gasteiger partial charge in [-0.3, -0.25) is 0 Å². The summed E-state index contributed by atoms with van der Waals surface area (Å²) in [6, 6.07) is 2.25. The highest BCUT2D eigenvalue weighted by molar-refractivity contribution is 7.99. The minimum Gasteiger partial charge on any atom is -0.469 e. The van der Waals surface area contributed by atoms with Gasteiger partial charge in [0.25, 0.3) is 0 Å². The summed E-state index contributed by atoms with van der Waals surface area (Å²) >= 11 is 1.96. The van der Waals surface area contributed by atoms with Crippen molar-refractivity contribution in [2.75, 3.05) is 16.8 Å². The molecule has 5 heteroatoms.